The average molecular weight is 227 g/mol. The lowest BCUT2D eigenvalue weighted by atomic mass is 10.3. The van der Waals surface area contributed by atoms with Gasteiger partial charge >= 0.3 is 11.9 Å². The van der Waals surface area contributed by atoms with E-state index in [9.17, 15) is 9.59 Å². The van der Waals surface area contributed by atoms with Gasteiger partial charge in [0, 0.05) is 0 Å². The van der Waals surface area contributed by atoms with Gasteiger partial charge in [0.25, 0.3) is 0 Å². The van der Waals surface area contributed by atoms with Crippen LogP contribution in [0.2, 0.25) is 0 Å². The molecule has 1 rings (SSSR count). The molecular formula is C10H13NO5. The minimum atomic E-state index is -1.07. The maximum Gasteiger partial charge on any atom is 0.317 e. The summed E-state index contributed by atoms with van der Waals surface area (Å²) < 4.78 is 5.25. The van der Waals surface area contributed by atoms with Gasteiger partial charge in [0.2, 0.25) is 0 Å². The van der Waals surface area contributed by atoms with Crippen molar-refractivity contribution < 1.29 is 24.2 Å². The van der Waals surface area contributed by atoms with Crippen LogP contribution in [0, 0.1) is 6.92 Å². The van der Waals surface area contributed by atoms with Crippen molar-refractivity contribution in [1.29, 1.82) is 0 Å². The van der Waals surface area contributed by atoms with Crippen LogP contribution in [-0.4, -0.2) is 40.1 Å². The third kappa shape index (κ3) is 4.14. The molecule has 0 atom stereocenters. The largest absolute Gasteiger partial charge is 0.480 e. The normalized spacial score (nSPS) is 10.6. The number of aliphatic carboxylic acids is 2. The zero-order valence-electron chi connectivity index (χ0n) is 8.84. The molecule has 0 saturated heterocycles. The van der Waals surface area contributed by atoms with Crippen molar-refractivity contribution in [1.82, 2.24) is 4.90 Å². The lowest BCUT2D eigenvalue weighted by Crippen LogP contribution is -2.33. The summed E-state index contributed by atoms with van der Waals surface area (Å²) in [7, 11) is 0. The van der Waals surface area contributed by atoms with Gasteiger partial charge < -0.3 is 14.6 Å². The molecule has 0 fully saturated rings. The van der Waals surface area contributed by atoms with Crippen molar-refractivity contribution in [3.8, 4) is 0 Å². The molecule has 1 aromatic rings. The summed E-state index contributed by atoms with van der Waals surface area (Å²) in [5.74, 6) is -0.866. The summed E-state index contributed by atoms with van der Waals surface area (Å²) in [6.07, 6.45) is 0. The Hall–Kier alpha value is -1.82. The van der Waals surface area contributed by atoms with Crippen molar-refractivity contribution in [2.75, 3.05) is 13.1 Å². The topological polar surface area (TPSA) is 91.0 Å². The van der Waals surface area contributed by atoms with Crippen molar-refractivity contribution in [3.63, 3.8) is 0 Å². The second-order valence-corrected chi connectivity index (χ2v) is 3.44. The van der Waals surface area contributed by atoms with E-state index in [1.165, 1.54) is 4.90 Å². The van der Waals surface area contributed by atoms with Crippen molar-refractivity contribution in [2.24, 2.45) is 0 Å². The van der Waals surface area contributed by atoms with E-state index in [-0.39, 0.29) is 19.6 Å². The zero-order chi connectivity index (χ0) is 12.1. The average Bonchev–Trinajstić information content (AvgIpc) is 2.48. The summed E-state index contributed by atoms with van der Waals surface area (Å²) in [6, 6.07) is 3.45. The number of rotatable bonds is 6. The molecule has 0 unspecified atom stereocenters. The number of nitrogens with zero attached hydrogens (tertiary/aromatic N) is 1. The molecule has 0 spiro atoms. The smallest absolute Gasteiger partial charge is 0.317 e. The van der Waals surface area contributed by atoms with E-state index in [1.807, 2.05) is 0 Å². The van der Waals surface area contributed by atoms with Crippen molar-refractivity contribution in [3.05, 3.63) is 23.7 Å². The van der Waals surface area contributed by atoms with Crippen LogP contribution in [0.25, 0.3) is 0 Å². The molecular weight excluding hydrogens is 214 g/mol. The van der Waals surface area contributed by atoms with Crippen LogP contribution in [0.3, 0.4) is 0 Å². The number of carboxylic acid groups (broad SMARTS) is 2. The Bertz CT molecular complexity index is 368. The highest BCUT2D eigenvalue weighted by atomic mass is 16.4. The number of furan rings is 1. The minimum absolute atomic E-state index is 0.173. The standard InChI is InChI=1S/C10H13NO5/c1-7-2-3-8(16-7)4-11(5-9(12)13)6-10(14)15/h2-3H,4-6H2,1H3,(H,12,13)(H,14,15). The Balaban J connectivity index is 2.62. The van der Waals surface area contributed by atoms with E-state index in [4.69, 9.17) is 14.6 Å². The van der Waals surface area contributed by atoms with Crippen LogP contribution in [0.4, 0.5) is 0 Å². The second kappa shape index (κ2) is 5.32. The predicted octanol–water partition coefficient (Wildman–Crippen LogP) is 0.559. The Labute approximate surface area is 92.1 Å². The number of hydrogen-bond donors (Lipinski definition) is 2. The van der Waals surface area contributed by atoms with Crippen LogP contribution in [0.5, 0.6) is 0 Å². The molecule has 88 valence electrons. The van der Waals surface area contributed by atoms with Gasteiger partial charge in [-0.3, -0.25) is 14.5 Å². The summed E-state index contributed by atoms with van der Waals surface area (Å²) in [6.45, 7) is 1.28. The Morgan fingerprint density at radius 1 is 1.25 bits per heavy atom. The van der Waals surface area contributed by atoms with Gasteiger partial charge in [-0.25, -0.2) is 0 Å². The van der Waals surface area contributed by atoms with Crippen LogP contribution >= 0.6 is 0 Å². The Morgan fingerprint density at radius 2 is 1.81 bits per heavy atom. The van der Waals surface area contributed by atoms with Crippen LogP contribution in [0.1, 0.15) is 11.5 Å². The summed E-state index contributed by atoms with van der Waals surface area (Å²) in [5.41, 5.74) is 0. The molecule has 0 amide bonds. The first-order valence-corrected chi connectivity index (χ1v) is 4.68. The molecule has 0 aromatic carbocycles. The maximum atomic E-state index is 10.5. The fourth-order valence-electron chi connectivity index (χ4n) is 1.34. The van der Waals surface area contributed by atoms with Crippen molar-refractivity contribution in [2.45, 2.75) is 13.5 Å². The SMILES string of the molecule is Cc1ccc(CN(CC(=O)O)CC(=O)O)o1. The van der Waals surface area contributed by atoms with E-state index in [0.29, 0.717) is 11.5 Å². The lowest BCUT2D eigenvalue weighted by Gasteiger charge is -2.15. The first-order valence-electron chi connectivity index (χ1n) is 4.68. The second-order valence-electron chi connectivity index (χ2n) is 3.44. The first-order chi connectivity index (χ1) is 7.47. The van der Waals surface area contributed by atoms with E-state index in [2.05, 4.69) is 0 Å². The molecule has 2 N–H and O–H groups in total. The van der Waals surface area contributed by atoms with Crippen molar-refractivity contribution >= 4 is 11.9 Å². The number of carboxylic acids is 2. The molecule has 6 nitrogen and oxygen atoms in total. The van der Waals surface area contributed by atoms with E-state index in [0.717, 1.165) is 0 Å². The van der Waals surface area contributed by atoms with E-state index >= 15 is 0 Å². The quantitative estimate of drug-likeness (QED) is 0.737. The van der Waals surface area contributed by atoms with Crippen LogP contribution in [0.15, 0.2) is 16.5 Å². The number of aryl methyl sites for hydroxylation is 1. The molecule has 1 aromatic heterocycles. The van der Waals surface area contributed by atoms with Crippen LogP contribution in [-0.2, 0) is 16.1 Å². The summed E-state index contributed by atoms with van der Waals surface area (Å²) >= 11 is 0. The van der Waals surface area contributed by atoms with Gasteiger partial charge in [0.05, 0.1) is 19.6 Å². The predicted molar refractivity (Wildman–Crippen MR) is 54.0 cm³/mol. The molecule has 0 saturated carbocycles. The molecule has 0 aliphatic rings. The number of hydrogen-bond acceptors (Lipinski definition) is 4. The minimum Gasteiger partial charge on any atom is -0.480 e. The van der Waals surface area contributed by atoms with E-state index in [1.54, 1.807) is 19.1 Å². The maximum absolute atomic E-state index is 10.5. The van der Waals surface area contributed by atoms with Gasteiger partial charge in [-0.15, -0.1) is 0 Å². The highest BCUT2D eigenvalue weighted by molar-refractivity contribution is 5.72. The third-order valence-electron chi connectivity index (χ3n) is 1.89. The Morgan fingerprint density at radius 3 is 2.19 bits per heavy atom. The molecule has 6 heteroatoms. The third-order valence-corrected chi connectivity index (χ3v) is 1.89. The fraction of sp³-hybridized carbons (Fsp3) is 0.400. The highest BCUT2D eigenvalue weighted by Crippen LogP contribution is 2.09. The molecule has 0 aliphatic heterocycles. The van der Waals surface area contributed by atoms with Crippen LogP contribution < -0.4 is 0 Å². The monoisotopic (exact) mass is 227 g/mol. The van der Waals surface area contributed by atoms with Gasteiger partial charge in [-0.2, -0.15) is 0 Å². The molecule has 0 radical (unpaired) electrons. The molecule has 1 heterocycles. The highest BCUT2D eigenvalue weighted by Gasteiger charge is 2.15. The molecule has 0 bridgehead atoms. The zero-order valence-corrected chi connectivity index (χ0v) is 8.84. The van der Waals surface area contributed by atoms with Gasteiger partial charge in [0.15, 0.2) is 0 Å². The summed E-state index contributed by atoms with van der Waals surface area (Å²) in [4.78, 5) is 22.3. The molecule has 16 heavy (non-hydrogen) atoms. The fourth-order valence-corrected chi connectivity index (χ4v) is 1.34. The molecule has 0 aliphatic carbocycles. The van der Waals surface area contributed by atoms with Gasteiger partial charge in [-0.1, -0.05) is 0 Å². The Kier molecular flexibility index (Phi) is 4.07. The first kappa shape index (κ1) is 12.3. The van der Waals surface area contributed by atoms with Gasteiger partial charge in [0.1, 0.15) is 11.5 Å². The lowest BCUT2D eigenvalue weighted by molar-refractivity contribution is -0.142. The van der Waals surface area contributed by atoms with Gasteiger partial charge in [-0.05, 0) is 19.1 Å². The van der Waals surface area contributed by atoms with E-state index < -0.39 is 11.9 Å². The number of carbonyl (C=O) groups is 2. The summed E-state index contributed by atoms with van der Waals surface area (Å²) in [5, 5.41) is 17.2.